The van der Waals surface area contributed by atoms with E-state index < -0.39 is 24.3 Å². The van der Waals surface area contributed by atoms with Crippen molar-refractivity contribution in [2.45, 2.75) is 245 Å². The number of carboxylic acid groups (broad SMARTS) is 1. The SMILES string of the molecule is CC/C=C\C/C=C\C/C=C\C/C=C\C/C=C\C/C=C\C/C=C\C/C=C\CCCCC(=O)OC(COC(=O)CCCCCCCCCCCCCCCCCC/C=C\C/C=C\C/C=C\C/C=C\CC)COC(OCC[N+](C)(C)C)C(=O)O. The number of esters is 2. The van der Waals surface area contributed by atoms with Crippen LogP contribution in [0.5, 0.6) is 0 Å². The van der Waals surface area contributed by atoms with Gasteiger partial charge in [0.15, 0.2) is 6.10 Å². The fourth-order valence-electron chi connectivity index (χ4n) is 8.26. The van der Waals surface area contributed by atoms with Gasteiger partial charge in [0.25, 0.3) is 6.29 Å². The highest BCUT2D eigenvalue weighted by molar-refractivity contribution is 5.71. The van der Waals surface area contributed by atoms with Gasteiger partial charge in [0.2, 0.25) is 0 Å². The number of hydrogen-bond donors (Lipinski definition) is 1. The van der Waals surface area contributed by atoms with Crippen LogP contribution in [0.4, 0.5) is 0 Å². The third kappa shape index (κ3) is 62.6. The summed E-state index contributed by atoms with van der Waals surface area (Å²) < 4.78 is 22.9. The zero-order valence-electron chi connectivity index (χ0n) is 52.1. The largest absolute Gasteiger partial charge is 0.477 e. The molecule has 0 aliphatic carbocycles. The van der Waals surface area contributed by atoms with Crippen LogP contribution >= 0.6 is 0 Å². The fourth-order valence-corrected chi connectivity index (χ4v) is 8.26. The second kappa shape index (κ2) is 61.2. The molecule has 0 heterocycles. The molecule has 0 rings (SSSR count). The summed E-state index contributed by atoms with van der Waals surface area (Å²) in [6.07, 6.45) is 86.6. The zero-order chi connectivity index (χ0) is 59.1. The lowest BCUT2D eigenvalue weighted by atomic mass is 10.0. The van der Waals surface area contributed by atoms with E-state index in [0.29, 0.717) is 17.4 Å². The van der Waals surface area contributed by atoms with Gasteiger partial charge in [-0.15, -0.1) is 0 Å². The van der Waals surface area contributed by atoms with E-state index in [0.717, 1.165) is 109 Å². The monoisotopic (exact) mass is 1120 g/mol. The first-order valence-electron chi connectivity index (χ1n) is 32.0. The maximum atomic E-state index is 12.9. The Hall–Kier alpha value is -4.83. The van der Waals surface area contributed by atoms with Crippen molar-refractivity contribution in [3.63, 3.8) is 0 Å². The molecule has 0 aliphatic heterocycles. The molecule has 0 bridgehead atoms. The van der Waals surface area contributed by atoms with E-state index in [9.17, 15) is 19.5 Å². The summed E-state index contributed by atoms with van der Waals surface area (Å²) in [7, 11) is 5.95. The summed E-state index contributed by atoms with van der Waals surface area (Å²) in [4.78, 5) is 37.5. The van der Waals surface area contributed by atoms with Gasteiger partial charge in [-0.2, -0.15) is 0 Å². The van der Waals surface area contributed by atoms with Crippen molar-refractivity contribution in [3.8, 4) is 0 Å². The second-order valence-corrected chi connectivity index (χ2v) is 22.0. The van der Waals surface area contributed by atoms with Gasteiger partial charge in [-0.1, -0.05) is 250 Å². The van der Waals surface area contributed by atoms with Gasteiger partial charge in [-0.05, 0) is 116 Å². The van der Waals surface area contributed by atoms with Crippen LogP contribution in [0.15, 0.2) is 146 Å². The Morgan fingerprint density at radius 2 is 0.667 bits per heavy atom. The Morgan fingerprint density at radius 1 is 0.370 bits per heavy atom. The second-order valence-electron chi connectivity index (χ2n) is 22.0. The summed E-state index contributed by atoms with van der Waals surface area (Å²) in [5.41, 5.74) is 0. The van der Waals surface area contributed by atoms with Gasteiger partial charge in [0.05, 0.1) is 34.4 Å². The van der Waals surface area contributed by atoms with Gasteiger partial charge < -0.3 is 28.5 Å². The Balaban J connectivity index is 4.28. The van der Waals surface area contributed by atoms with Crippen molar-refractivity contribution in [2.75, 3.05) is 47.5 Å². The van der Waals surface area contributed by atoms with Crippen LogP contribution < -0.4 is 0 Å². The lowest BCUT2D eigenvalue weighted by Crippen LogP contribution is -2.40. The molecule has 0 aliphatic rings. The Bertz CT molecular complexity index is 1840. The molecule has 0 fully saturated rings. The number of quaternary nitrogens is 1. The molecule has 1 N–H and O–H groups in total. The van der Waals surface area contributed by atoms with E-state index in [-0.39, 0.29) is 38.6 Å². The number of nitrogens with zero attached hydrogens (tertiary/aromatic N) is 1. The molecule has 9 heteroatoms. The molecular weight excluding hydrogens is 1010 g/mol. The first kappa shape index (κ1) is 76.2. The summed E-state index contributed by atoms with van der Waals surface area (Å²) in [5.74, 6) is -2.08. The fraction of sp³-hybridized carbons (Fsp3) is 0.625. The predicted molar refractivity (Wildman–Crippen MR) is 345 cm³/mol. The number of aliphatic carboxylic acids is 1. The van der Waals surface area contributed by atoms with E-state index in [1.807, 2.05) is 21.1 Å². The highest BCUT2D eigenvalue weighted by atomic mass is 16.7. The number of likely N-dealkylation sites (N-methyl/N-ethyl adjacent to an activating group) is 1. The number of hydrogen-bond acceptors (Lipinski definition) is 7. The lowest BCUT2D eigenvalue weighted by molar-refractivity contribution is -0.870. The normalized spacial score (nSPS) is 13.7. The molecule has 0 saturated carbocycles. The smallest absolute Gasteiger partial charge is 0.361 e. The van der Waals surface area contributed by atoms with Crippen molar-refractivity contribution in [3.05, 3.63) is 146 Å². The maximum absolute atomic E-state index is 12.9. The standard InChI is InChI=1S/C72H117NO8/c1-6-8-10-12-14-16-18-20-22-24-26-28-30-32-34-35-37-38-40-42-44-46-48-50-52-54-56-58-60-62-69(74)79-66-68(67-80-72(71(76)77)78-65-64-73(3,4)5)81-70(75)63-61-59-57-55-53-51-49-47-45-43-41-39-36-33-31-29-27-25-23-21-19-17-15-13-11-9-7-2/h8-11,14-17,20-23,26-29,33,36,41,43,47,49,53,55,68,72H,6-7,12-13,18-19,24-25,30-32,34-35,37-40,42,44-46,48,50-52,54,56-67H2,1-5H3/p+1/b10-8-,11-9-,16-14-,17-15-,22-20-,23-21-,28-26-,29-27-,36-33-,43-41-,49-47-,55-53-. The maximum Gasteiger partial charge on any atom is 0.361 e. The molecule has 0 radical (unpaired) electrons. The molecule has 0 spiro atoms. The molecular formula is C72H118NO8+. The van der Waals surface area contributed by atoms with Crippen LogP contribution in [0, 0.1) is 0 Å². The molecule has 0 aromatic heterocycles. The predicted octanol–water partition coefficient (Wildman–Crippen LogP) is 19.6. The average molecular weight is 1130 g/mol. The van der Waals surface area contributed by atoms with Gasteiger partial charge in [0.1, 0.15) is 13.2 Å². The van der Waals surface area contributed by atoms with E-state index in [4.69, 9.17) is 18.9 Å². The highest BCUT2D eigenvalue weighted by Crippen LogP contribution is 2.16. The van der Waals surface area contributed by atoms with Gasteiger partial charge in [0, 0.05) is 12.8 Å². The average Bonchev–Trinajstić information content (AvgIpc) is 3.44. The minimum Gasteiger partial charge on any atom is -0.477 e. The van der Waals surface area contributed by atoms with Crippen LogP contribution in [0.25, 0.3) is 0 Å². The van der Waals surface area contributed by atoms with Gasteiger partial charge >= 0.3 is 17.9 Å². The molecule has 0 saturated heterocycles. The Kier molecular flexibility index (Phi) is 57.6. The molecule has 0 amide bonds. The number of rotatable bonds is 57. The molecule has 458 valence electrons. The number of carboxylic acids is 1. The molecule has 81 heavy (non-hydrogen) atoms. The Labute approximate surface area is 496 Å². The molecule has 2 unspecified atom stereocenters. The lowest BCUT2D eigenvalue weighted by Gasteiger charge is -2.25. The first-order valence-corrected chi connectivity index (χ1v) is 32.0. The number of allylic oxidation sites excluding steroid dienone is 24. The highest BCUT2D eigenvalue weighted by Gasteiger charge is 2.25. The van der Waals surface area contributed by atoms with E-state index in [2.05, 4.69) is 160 Å². The van der Waals surface area contributed by atoms with E-state index >= 15 is 0 Å². The van der Waals surface area contributed by atoms with Gasteiger partial charge in [-0.3, -0.25) is 9.59 Å². The summed E-state index contributed by atoms with van der Waals surface area (Å²) >= 11 is 0. The third-order valence-electron chi connectivity index (χ3n) is 13.1. The zero-order valence-corrected chi connectivity index (χ0v) is 52.1. The van der Waals surface area contributed by atoms with Gasteiger partial charge in [-0.25, -0.2) is 4.79 Å². The number of ether oxygens (including phenoxy) is 4. The van der Waals surface area contributed by atoms with Crippen LogP contribution in [-0.2, 0) is 33.3 Å². The minimum absolute atomic E-state index is 0.171. The molecule has 9 nitrogen and oxygen atoms in total. The van der Waals surface area contributed by atoms with Crippen molar-refractivity contribution in [1.82, 2.24) is 0 Å². The third-order valence-corrected chi connectivity index (χ3v) is 13.1. The van der Waals surface area contributed by atoms with Crippen LogP contribution in [0.3, 0.4) is 0 Å². The van der Waals surface area contributed by atoms with Crippen molar-refractivity contribution >= 4 is 17.9 Å². The quantitative estimate of drug-likeness (QED) is 0.0211. The summed E-state index contributed by atoms with van der Waals surface area (Å²) in [6.45, 7) is 4.59. The number of carbonyl (C=O) groups excluding carboxylic acids is 2. The first-order chi connectivity index (χ1) is 39.6. The van der Waals surface area contributed by atoms with Crippen LogP contribution in [0.1, 0.15) is 232 Å². The van der Waals surface area contributed by atoms with E-state index in [1.54, 1.807) is 0 Å². The van der Waals surface area contributed by atoms with Crippen LogP contribution in [0.2, 0.25) is 0 Å². The minimum atomic E-state index is -1.53. The summed E-state index contributed by atoms with van der Waals surface area (Å²) in [6, 6.07) is 0. The van der Waals surface area contributed by atoms with E-state index in [1.165, 1.54) is 89.9 Å². The van der Waals surface area contributed by atoms with Crippen molar-refractivity contribution < 1.29 is 42.9 Å². The molecule has 0 aromatic rings. The molecule has 0 aromatic carbocycles. The topological polar surface area (TPSA) is 108 Å². The number of carbonyl (C=O) groups is 3. The Morgan fingerprint density at radius 3 is 1.01 bits per heavy atom. The van der Waals surface area contributed by atoms with Crippen molar-refractivity contribution in [1.29, 1.82) is 0 Å². The van der Waals surface area contributed by atoms with Crippen molar-refractivity contribution in [2.24, 2.45) is 0 Å². The van der Waals surface area contributed by atoms with Crippen LogP contribution in [-0.4, -0.2) is 87.4 Å². The number of unbranched alkanes of at least 4 members (excludes halogenated alkanes) is 18. The molecule has 2 atom stereocenters. The summed E-state index contributed by atoms with van der Waals surface area (Å²) in [5, 5.41) is 9.73.